The van der Waals surface area contributed by atoms with Crippen molar-refractivity contribution in [2.24, 2.45) is 0 Å². The molecule has 0 bridgehead atoms. The lowest BCUT2D eigenvalue weighted by Gasteiger charge is -2.39. The molecule has 3 aromatic carbocycles. The van der Waals surface area contributed by atoms with Gasteiger partial charge in [0.2, 0.25) is 5.91 Å². The SMILES string of the molecule is Cc1ccccc1C1c2ccccc2CCN1CC(=O)N(Cc1ccccn1)C1Cc2ccccc2C1. The molecule has 1 aromatic heterocycles. The third-order valence-electron chi connectivity index (χ3n) is 8.05. The molecular weight excluding hydrogens is 454 g/mol. The van der Waals surface area contributed by atoms with Crippen LogP contribution in [0, 0.1) is 6.92 Å². The molecule has 0 spiro atoms. The first-order chi connectivity index (χ1) is 18.2. The predicted molar refractivity (Wildman–Crippen MR) is 147 cm³/mol. The summed E-state index contributed by atoms with van der Waals surface area (Å²) in [6.45, 7) is 3.98. The molecule has 4 nitrogen and oxygen atoms in total. The average Bonchev–Trinajstić information content (AvgIpc) is 3.37. The highest BCUT2D eigenvalue weighted by atomic mass is 16.2. The number of hydrogen-bond acceptors (Lipinski definition) is 3. The number of benzene rings is 3. The second-order valence-electron chi connectivity index (χ2n) is 10.4. The van der Waals surface area contributed by atoms with Crippen LogP contribution in [0.1, 0.15) is 45.1 Å². The summed E-state index contributed by atoms with van der Waals surface area (Å²) in [7, 11) is 0. The zero-order valence-corrected chi connectivity index (χ0v) is 21.4. The predicted octanol–water partition coefficient (Wildman–Crippen LogP) is 5.53. The topological polar surface area (TPSA) is 36.4 Å². The molecule has 0 saturated heterocycles. The summed E-state index contributed by atoms with van der Waals surface area (Å²) < 4.78 is 0. The van der Waals surface area contributed by atoms with Crippen molar-refractivity contribution in [3.05, 3.63) is 136 Å². The maximum absolute atomic E-state index is 14.2. The number of nitrogens with zero attached hydrogens (tertiary/aromatic N) is 3. The van der Waals surface area contributed by atoms with E-state index in [4.69, 9.17) is 0 Å². The summed E-state index contributed by atoms with van der Waals surface area (Å²) in [4.78, 5) is 23.2. The Morgan fingerprint density at radius 3 is 2.19 bits per heavy atom. The smallest absolute Gasteiger partial charge is 0.237 e. The molecule has 6 rings (SSSR count). The van der Waals surface area contributed by atoms with Gasteiger partial charge < -0.3 is 4.90 Å². The van der Waals surface area contributed by atoms with Crippen molar-refractivity contribution in [1.82, 2.24) is 14.8 Å². The molecule has 1 atom stereocenters. The van der Waals surface area contributed by atoms with Crippen LogP contribution in [0.3, 0.4) is 0 Å². The summed E-state index contributed by atoms with van der Waals surface area (Å²) in [5.41, 5.74) is 8.90. The molecule has 0 saturated carbocycles. The number of hydrogen-bond donors (Lipinski definition) is 0. The van der Waals surface area contributed by atoms with Crippen LogP contribution in [0.4, 0.5) is 0 Å². The summed E-state index contributed by atoms with van der Waals surface area (Å²) in [6.07, 6.45) is 4.58. The second-order valence-corrected chi connectivity index (χ2v) is 10.4. The highest BCUT2D eigenvalue weighted by Crippen LogP contribution is 2.37. The number of aryl methyl sites for hydroxylation is 1. The van der Waals surface area contributed by atoms with Crippen molar-refractivity contribution in [3.8, 4) is 0 Å². The van der Waals surface area contributed by atoms with Gasteiger partial charge in [-0.2, -0.15) is 0 Å². The molecule has 1 amide bonds. The van der Waals surface area contributed by atoms with E-state index in [1.54, 1.807) is 0 Å². The fourth-order valence-corrected chi connectivity index (χ4v) is 6.15. The molecule has 4 aromatic rings. The quantitative estimate of drug-likeness (QED) is 0.359. The number of fused-ring (bicyclic) bond motifs is 2. The highest BCUT2D eigenvalue weighted by molar-refractivity contribution is 5.79. The van der Waals surface area contributed by atoms with E-state index in [1.807, 2.05) is 24.4 Å². The molecule has 4 heteroatoms. The molecule has 1 unspecified atom stereocenters. The Balaban J connectivity index is 1.31. The van der Waals surface area contributed by atoms with E-state index in [2.05, 4.69) is 94.5 Å². The third-order valence-corrected chi connectivity index (χ3v) is 8.05. The van der Waals surface area contributed by atoms with E-state index < -0.39 is 0 Å². The lowest BCUT2D eigenvalue weighted by molar-refractivity contribution is -0.136. The van der Waals surface area contributed by atoms with Gasteiger partial charge in [0.15, 0.2) is 0 Å². The van der Waals surface area contributed by atoms with Gasteiger partial charge in [-0.1, -0.05) is 78.9 Å². The average molecular weight is 488 g/mol. The van der Waals surface area contributed by atoms with Gasteiger partial charge in [0.05, 0.1) is 24.8 Å². The normalized spacial score (nSPS) is 17.3. The van der Waals surface area contributed by atoms with Gasteiger partial charge in [-0.25, -0.2) is 0 Å². The minimum absolute atomic E-state index is 0.0765. The summed E-state index contributed by atoms with van der Waals surface area (Å²) in [6, 6.07) is 32.1. The Hall–Kier alpha value is -3.76. The Morgan fingerprint density at radius 1 is 0.838 bits per heavy atom. The number of pyridine rings is 1. The molecule has 1 aliphatic carbocycles. The zero-order chi connectivity index (χ0) is 25.2. The van der Waals surface area contributed by atoms with Crippen molar-refractivity contribution >= 4 is 5.91 Å². The fraction of sp³-hybridized carbons (Fsp3) is 0.273. The first-order valence-electron chi connectivity index (χ1n) is 13.3. The van der Waals surface area contributed by atoms with Gasteiger partial charge in [-0.15, -0.1) is 0 Å². The van der Waals surface area contributed by atoms with Crippen molar-refractivity contribution < 1.29 is 4.79 Å². The minimum Gasteiger partial charge on any atom is -0.332 e. The highest BCUT2D eigenvalue weighted by Gasteiger charge is 2.35. The standard InChI is InChI=1S/C33H33N3O/c1-24-10-2-6-15-30(24)33-31-16-7-5-11-25(31)17-19-35(33)23-32(37)36(22-28-14-8-9-18-34-28)29-20-26-12-3-4-13-27(26)21-29/h2-16,18,29,33H,17,19-23H2,1H3. The largest absolute Gasteiger partial charge is 0.332 e. The van der Waals surface area contributed by atoms with Gasteiger partial charge in [0, 0.05) is 18.8 Å². The van der Waals surface area contributed by atoms with Gasteiger partial charge in [0.1, 0.15) is 0 Å². The van der Waals surface area contributed by atoms with Crippen molar-refractivity contribution in [3.63, 3.8) is 0 Å². The first-order valence-corrected chi connectivity index (χ1v) is 13.3. The summed E-state index contributed by atoms with van der Waals surface area (Å²) in [5, 5.41) is 0. The first kappa shape index (κ1) is 23.6. The molecule has 0 radical (unpaired) electrons. The summed E-state index contributed by atoms with van der Waals surface area (Å²) in [5.74, 6) is 0.182. The number of carbonyl (C=O) groups excluding carboxylic acids is 1. The number of carbonyl (C=O) groups is 1. The Morgan fingerprint density at radius 2 is 1.49 bits per heavy atom. The van der Waals surface area contributed by atoms with Crippen LogP contribution in [0.25, 0.3) is 0 Å². The molecule has 186 valence electrons. The number of rotatable bonds is 6. The molecular formula is C33H33N3O. The van der Waals surface area contributed by atoms with Gasteiger partial charge in [0.25, 0.3) is 0 Å². The van der Waals surface area contributed by atoms with Gasteiger partial charge >= 0.3 is 0 Å². The van der Waals surface area contributed by atoms with Crippen LogP contribution in [0.5, 0.6) is 0 Å². The Labute approximate surface area is 219 Å². The van der Waals surface area contributed by atoms with Crippen LogP contribution in [-0.4, -0.2) is 39.8 Å². The van der Waals surface area contributed by atoms with E-state index in [0.717, 1.165) is 31.5 Å². The van der Waals surface area contributed by atoms with Crippen LogP contribution in [-0.2, 0) is 30.6 Å². The van der Waals surface area contributed by atoms with E-state index >= 15 is 0 Å². The second kappa shape index (κ2) is 10.3. The molecule has 2 aliphatic rings. The molecule has 2 heterocycles. The third kappa shape index (κ3) is 4.82. The lowest BCUT2D eigenvalue weighted by atomic mass is 9.86. The van der Waals surface area contributed by atoms with Gasteiger partial charge in [-0.05, 0) is 71.7 Å². The maximum Gasteiger partial charge on any atom is 0.237 e. The van der Waals surface area contributed by atoms with E-state index in [0.29, 0.717) is 13.1 Å². The molecule has 0 fully saturated rings. The lowest BCUT2D eigenvalue weighted by Crippen LogP contribution is -2.48. The minimum atomic E-state index is 0.0765. The van der Waals surface area contributed by atoms with E-state index in [1.165, 1.54) is 33.4 Å². The number of amides is 1. The van der Waals surface area contributed by atoms with Crippen molar-refractivity contribution in [1.29, 1.82) is 0 Å². The van der Waals surface area contributed by atoms with E-state index in [-0.39, 0.29) is 18.0 Å². The number of aromatic nitrogens is 1. The molecule has 0 N–H and O–H groups in total. The monoisotopic (exact) mass is 487 g/mol. The molecule has 37 heavy (non-hydrogen) atoms. The van der Waals surface area contributed by atoms with Crippen molar-refractivity contribution in [2.45, 2.75) is 44.8 Å². The summed E-state index contributed by atoms with van der Waals surface area (Å²) >= 11 is 0. The van der Waals surface area contributed by atoms with Crippen LogP contribution >= 0.6 is 0 Å². The van der Waals surface area contributed by atoms with Gasteiger partial charge in [-0.3, -0.25) is 14.7 Å². The van der Waals surface area contributed by atoms with Crippen LogP contribution < -0.4 is 0 Å². The maximum atomic E-state index is 14.2. The fourth-order valence-electron chi connectivity index (χ4n) is 6.15. The zero-order valence-electron chi connectivity index (χ0n) is 21.4. The molecule has 1 aliphatic heterocycles. The van der Waals surface area contributed by atoms with E-state index in [9.17, 15) is 4.79 Å². The van der Waals surface area contributed by atoms with Crippen LogP contribution in [0.2, 0.25) is 0 Å². The Kier molecular flexibility index (Phi) is 6.58. The van der Waals surface area contributed by atoms with Crippen LogP contribution in [0.15, 0.2) is 97.2 Å². The Bertz CT molecular complexity index is 1370. The van der Waals surface area contributed by atoms with Crippen molar-refractivity contribution in [2.75, 3.05) is 13.1 Å².